The highest BCUT2D eigenvalue weighted by Gasteiger charge is 2.20. The summed E-state index contributed by atoms with van der Waals surface area (Å²) in [5.74, 6) is 1.58. The minimum Gasteiger partial charge on any atom is -0.316 e. The van der Waals surface area contributed by atoms with Crippen molar-refractivity contribution in [3.63, 3.8) is 0 Å². The Hall–Kier alpha value is -4.69. The lowest BCUT2D eigenvalue weighted by molar-refractivity contribution is 0.916. The van der Waals surface area contributed by atoms with E-state index < -0.39 is 0 Å². The van der Waals surface area contributed by atoms with Crippen LogP contribution >= 0.6 is 0 Å². The minimum atomic E-state index is 0.563. The van der Waals surface area contributed by atoms with Crippen LogP contribution in [0.25, 0.3) is 21.7 Å². The molecule has 0 aliphatic carbocycles. The number of anilines is 1. The molecule has 0 atom stereocenters. The third-order valence-electron chi connectivity index (χ3n) is 6.04. The summed E-state index contributed by atoms with van der Waals surface area (Å²) in [6, 6.07) is 34.9. The fourth-order valence-corrected chi connectivity index (χ4v) is 4.37. The number of pyridine rings is 1. The van der Waals surface area contributed by atoms with Gasteiger partial charge in [-0.2, -0.15) is 0 Å². The summed E-state index contributed by atoms with van der Waals surface area (Å²) in [6.07, 6.45) is 2.86. The van der Waals surface area contributed by atoms with E-state index in [9.17, 15) is 0 Å². The van der Waals surface area contributed by atoms with Crippen molar-refractivity contribution in [3.05, 3.63) is 131 Å². The molecule has 5 aromatic rings. The Morgan fingerprint density at radius 3 is 2.31 bits per heavy atom. The zero-order valence-electron chi connectivity index (χ0n) is 19.6. The molecule has 0 unspecified atom stereocenters. The summed E-state index contributed by atoms with van der Waals surface area (Å²) >= 11 is 0. The van der Waals surface area contributed by atoms with Crippen molar-refractivity contribution < 1.29 is 0 Å². The lowest BCUT2D eigenvalue weighted by Crippen LogP contribution is -2.31. The van der Waals surface area contributed by atoms with Crippen LogP contribution < -0.4 is 4.90 Å². The lowest BCUT2D eigenvalue weighted by Gasteiger charge is -2.24. The summed E-state index contributed by atoms with van der Waals surface area (Å²) in [6.45, 7) is 8.25. The predicted molar refractivity (Wildman–Crippen MR) is 144 cm³/mol. The fraction of sp³-hybridized carbons (Fsp3) is 0.100. The van der Waals surface area contributed by atoms with E-state index in [0.29, 0.717) is 12.4 Å². The van der Waals surface area contributed by atoms with Crippen molar-refractivity contribution in [1.29, 1.82) is 0 Å². The van der Waals surface area contributed by atoms with Crippen molar-refractivity contribution in [2.45, 2.75) is 19.9 Å². The molecular formula is C30H26N5+. The van der Waals surface area contributed by atoms with E-state index in [-0.39, 0.29) is 0 Å². The summed E-state index contributed by atoms with van der Waals surface area (Å²) in [7, 11) is 0. The highest BCUT2D eigenvalue weighted by atomic mass is 15.3. The van der Waals surface area contributed by atoms with E-state index in [2.05, 4.69) is 81.0 Å². The Balaban J connectivity index is 1.52. The first-order valence-corrected chi connectivity index (χ1v) is 11.7. The van der Waals surface area contributed by atoms with Gasteiger partial charge in [-0.25, -0.2) is 4.98 Å². The molecule has 35 heavy (non-hydrogen) atoms. The maximum absolute atomic E-state index is 5.52. The first kappa shape index (κ1) is 22.1. The smallest absolute Gasteiger partial charge is 0.307 e. The molecular weight excluding hydrogens is 430 g/mol. The molecule has 2 aromatic heterocycles. The van der Waals surface area contributed by atoms with Crippen LogP contribution in [0.1, 0.15) is 23.7 Å². The van der Waals surface area contributed by atoms with Gasteiger partial charge in [-0.3, -0.25) is 4.57 Å². The quantitative estimate of drug-likeness (QED) is 0.158. The van der Waals surface area contributed by atoms with Gasteiger partial charge in [0.2, 0.25) is 5.84 Å². The van der Waals surface area contributed by atoms with Crippen LogP contribution in [0.5, 0.6) is 0 Å². The summed E-state index contributed by atoms with van der Waals surface area (Å²) in [5, 5.41) is 5.53. The van der Waals surface area contributed by atoms with Gasteiger partial charge in [0.1, 0.15) is 10.8 Å². The Morgan fingerprint density at radius 1 is 0.914 bits per heavy atom. The van der Waals surface area contributed by atoms with Crippen LogP contribution in [0.15, 0.2) is 114 Å². The molecule has 0 fully saturated rings. The molecule has 0 aliphatic rings. The second kappa shape index (κ2) is 10.1. The SMILES string of the molecule is C#[N+]/N=C(/c1ccccc1)N(Cc1ccc(-n2c(CC)cc3ccccc32)nc1)c1ccccc1. The molecule has 2 heterocycles. The molecule has 5 rings (SSSR count). The van der Waals surface area contributed by atoms with Gasteiger partial charge in [0.05, 0.1) is 12.1 Å². The molecule has 0 spiro atoms. The fourth-order valence-electron chi connectivity index (χ4n) is 4.37. The van der Waals surface area contributed by atoms with E-state index in [0.717, 1.165) is 29.1 Å². The maximum Gasteiger partial charge on any atom is 0.307 e. The van der Waals surface area contributed by atoms with Crippen LogP contribution in [0.2, 0.25) is 0 Å². The van der Waals surface area contributed by atoms with Crippen molar-refractivity contribution in [1.82, 2.24) is 9.55 Å². The molecule has 5 heteroatoms. The molecule has 3 aromatic carbocycles. The van der Waals surface area contributed by atoms with Gasteiger partial charge < -0.3 is 4.90 Å². The van der Waals surface area contributed by atoms with E-state index in [4.69, 9.17) is 11.6 Å². The Bertz CT molecular complexity index is 1490. The molecule has 5 nitrogen and oxygen atoms in total. The number of nitrogens with zero attached hydrogens (tertiary/aromatic N) is 5. The number of fused-ring (bicyclic) bond motifs is 1. The number of amidine groups is 1. The molecule has 0 saturated carbocycles. The van der Waals surface area contributed by atoms with Gasteiger partial charge in [-0.1, -0.05) is 79.7 Å². The standard InChI is InChI=1S/C30H26N5/c1-3-26-20-25-14-10-11-17-28(25)35(26)29-19-18-23(21-32-29)22-34(27-15-8-5-9-16-27)30(33-31-2)24-12-6-4-7-13-24/h2,4-21H,3,22H2,1H3/q+1/b33-30-. The van der Waals surface area contributed by atoms with Gasteiger partial charge in [0.25, 0.3) is 0 Å². The highest BCUT2D eigenvalue weighted by Crippen LogP contribution is 2.25. The second-order valence-electron chi connectivity index (χ2n) is 8.23. The summed E-state index contributed by atoms with van der Waals surface area (Å²) < 4.78 is 2.23. The zero-order chi connectivity index (χ0) is 24.0. The minimum absolute atomic E-state index is 0.563. The molecule has 0 saturated heterocycles. The second-order valence-corrected chi connectivity index (χ2v) is 8.23. The normalized spacial score (nSPS) is 11.4. The van der Waals surface area contributed by atoms with Gasteiger partial charge in [0, 0.05) is 28.5 Å². The Labute approximate surface area is 205 Å². The van der Waals surface area contributed by atoms with Gasteiger partial charge in [-0.05, 0) is 42.3 Å². The first-order chi connectivity index (χ1) is 17.3. The van der Waals surface area contributed by atoms with E-state index in [1.807, 2.05) is 54.7 Å². The highest BCUT2D eigenvalue weighted by molar-refractivity contribution is 6.10. The number of hydrogen-bond donors (Lipinski definition) is 0. The number of aromatic nitrogens is 2. The molecule has 170 valence electrons. The van der Waals surface area contributed by atoms with E-state index in [1.54, 1.807) is 0 Å². The van der Waals surface area contributed by atoms with E-state index >= 15 is 0 Å². The van der Waals surface area contributed by atoms with Crippen molar-refractivity contribution in [3.8, 4) is 12.4 Å². The topological polar surface area (TPSA) is 37.8 Å². The average molecular weight is 457 g/mol. The van der Waals surface area contributed by atoms with Crippen LogP contribution in [0, 0.1) is 6.57 Å². The molecule has 0 bridgehead atoms. The molecule has 0 amide bonds. The van der Waals surface area contributed by atoms with Crippen LogP contribution in [-0.4, -0.2) is 15.4 Å². The van der Waals surface area contributed by atoms with Gasteiger partial charge in [-0.15, -0.1) is 0 Å². The van der Waals surface area contributed by atoms with Crippen molar-refractivity contribution in [2.24, 2.45) is 5.10 Å². The summed E-state index contributed by atoms with van der Waals surface area (Å²) in [5.41, 5.74) is 5.38. The van der Waals surface area contributed by atoms with Crippen LogP contribution in [0.4, 0.5) is 5.69 Å². The first-order valence-electron chi connectivity index (χ1n) is 11.7. The van der Waals surface area contributed by atoms with E-state index in [1.165, 1.54) is 16.6 Å². The lowest BCUT2D eigenvalue weighted by atomic mass is 10.1. The van der Waals surface area contributed by atoms with Gasteiger partial charge >= 0.3 is 6.57 Å². The van der Waals surface area contributed by atoms with Crippen LogP contribution in [0.3, 0.4) is 0 Å². The third kappa shape index (κ3) is 4.55. The average Bonchev–Trinajstić information content (AvgIpc) is 3.31. The number of benzene rings is 3. The predicted octanol–water partition coefficient (Wildman–Crippen LogP) is 6.92. The van der Waals surface area contributed by atoms with Crippen molar-refractivity contribution >= 4 is 22.4 Å². The zero-order valence-corrected chi connectivity index (χ0v) is 19.6. The maximum atomic E-state index is 5.52. The number of aryl methyl sites for hydroxylation is 1. The van der Waals surface area contributed by atoms with Gasteiger partial charge in [0.15, 0.2) is 5.10 Å². The number of para-hydroxylation sites is 2. The number of hydrogen-bond acceptors (Lipinski definition) is 2. The molecule has 0 N–H and O–H groups in total. The monoisotopic (exact) mass is 456 g/mol. The molecule has 0 aliphatic heterocycles. The van der Waals surface area contributed by atoms with Crippen molar-refractivity contribution in [2.75, 3.05) is 4.90 Å². The van der Waals surface area contributed by atoms with Crippen LogP contribution in [-0.2, 0) is 13.0 Å². The Kier molecular flexibility index (Phi) is 6.36. The largest absolute Gasteiger partial charge is 0.316 e. The third-order valence-corrected chi connectivity index (χ3v) is 6.04. The number of rotatable bonds is 6. The molecule has 0 radical (unpaired) electrons. The Morgan fingerprint density at radius 2 is 1.63 bits per heavy atom. The summed E-state index contributed by atoms with van der Waals surface area (Å²) in [4.78, 5) is 10.6.